The molecule has 5 nitrogen and oxygen atoms in total. The lowest BCUT2D eigenvalue weighted by atomic mass is 9.99. The second kappa shape index (κ2) is 6.77. The maximum atomic E-state index is 10.9. The summed E-state index contributed by atoms with van der Waals surface area (Å²) in [7, 11) is 0. The van der Waals surface area contributed by atoms with Gasteiger partial charge < -0.3 is 5.11 Å². The molecular formula is C19H24N4OS. The van der Waals surface area contributed by atoms with Gasteiger partial charge in [-0.1, -0.05) is 54.5 Å². The van der Waals surface area contributed by atoms with Gasteiger partial charge in [-0.2, -0.15) is 4.52 Å². The molecule has 1 atom stereocenters. The molecule has 0 amide bonds. The largest absolute Gasteiger partial charge is 0.492 e. The lowest BCUT2D eigenvalue weighted by Crippen LogP contribution is -2.34. The summed E-state index contributed by atoms with van der Waals surface area (Å²) < 4.78 is 1.60. The van der Waals surface area contributed by atoms with E-state index in [-0.39, 0.29) is 11.9 Å². The Hall–Kier alpha value is -1.92. The molecule has 6 heteroatoms. The van der Waals surface area contributed by atoms with Crippen LogP contribution in [0.1, 0.15) is 54.1 Å². The van der Waals surface area contributed by atoms with E-state index >= 15 is 0 Å². The summed E-state index contributed by atoms with van der Waals surface area (Å²) in [6.45, 7) is 6.27. The highest BCUT2D eigenvalue weighted by Gasteiger charge is 2.30. The van der Waals surface area contributed by atoms with Crippen molar-refractivity contribution in [1.29, 1.82) is 0 Å². The van der Waals surface area contributed by atoms with E-state index in [1.807, 2.05) is 6.92 Å². The maximum Gasteiger partial charge on any atom is 0.230 e. The number of rotatable bonds is 4. The van der Waals surface area contributed by atoms with Crippen molar-refractivity contribution in [2.24, 2.45) is 0 Å². The zero-order chi connectivity index (χ0) is 17.4. The van der Waals surface area contributed by atoms with Crippen molar-refractivity contribution in [2.75, 3.05) is 13.1 Å². The van der Waals surface area contributed by atoms with E-state index in [4.69, 9.17) is 0 Å². The first kappa shape index (κ1) is 16.5. The van der Waals surface area contributed by atoms with Gasteiger partial charge in [-0.25, -0.2) is 4.98 Å². The van der Waals surface area contributed by atoms with Crippen LogP contribution in [0.25, 0.3) is 4.96 Å². The van der Waals surface area contributed by atoms with Gasteiger partial charge in [0.25, 0.3) is 0 Å². The summed E-state index contributed by atoms with van der Waals surface area (Å²) in [6, 6.07) is 8.68. The number of aryl methyl sites for hydroxylation is 2. The number of piperidine rings is 1. The maximum absolute atomic E-state index is 10.9. The number of aromatic nitrogens is 3. The molecule has 0 saturated carbocycles. The molecule has 0 aliphatic carbocycles. The van der Waals surface area contributed by atoms with E-state index in [9.17, 15) is 5.11 Å². The number of fused-ring (bicyclic) bond motifs is 1. The van der Waals surface area contributed by atoms with Crippen molar-refractivity contribution >= 4 is 16.3 Å². The van der Waals surface area contributed by atoms with E-state index in [2.05, 4.69) is 46.2 Å². The van der Waals surface area contributed by atoms with E-state index < -0.39 is 0 Å². The fraction of sp³-hybridized carbons (Fsp3) is 0.474. The average molecular weight is 356 g/mol. The van der Waals surface area contributed by atoms with Crippen LogP contribution in [0.2, 0.25) is 0 Å². The summed E-state index contributed by atoms with van der Waals surface area (Å²) in [5, 5.41) is 15.3. The molecule has 0 radical (unpaired) electrons. The minimum Gasteiger partial charge on any atom is -0.492 e. The van der Waals surface area contributed by atoms with E-state index in [0.29, 0.717) is 0 Å². The first-order valence-corrected chi connectivity index (χ1v) is 9.87. The minimum atomic E-state index is 0.0683. The van der Waals surface area contributed by atoms with Crippen LogP contribution >= 0.6 is 11.3 Å². The molecule has 3 aromatic rings. The third kappa shape index (κ3) is 3.04. The first-order valence-electron chi connectivity index (χ1n) is 9.05. The Balaban J connectivity index is 1.82. The summed E-state index contributed by atoms with van der Waals surface area (Å²) in [6.07, 6.45) is 4.49. The lowest BCUT2D eigenvalue weighted by molar-refractivity contribution is 0.186. The molecule has 0 spiro atoms. The van der Waals surface area contributed by atoms with Crippen LogP contribution in [-0.4, -0.2) is 37.7 Å². The van der Waals surface area contributed by atoms with E-state index in [1.165, 1.54) is 30.4 Å². The monoisotopic (exact) mass is 356 g/mol. The molecule has 2 aromatic heterocycles. The molecule has 0 bridgehead atoms. The van der Waals surface area contributed by atoms with Crippen LogP contribution in [0.15, 0.2) is 24.3 Å². The number of aromatic hydroxyl groups is 1. The van der Waals surface area contributed by atoms with Crippen molar-refractivity contribution in [3.05, 3.63) is 46.1 Å². The van der Waals surface area contributed by atoms with Crippen molar-refractivity contribution in [3.63, 3.8) is 0 Å². The summed E-state index contributed by atoms with van der Waals surface area (Å²) >= 11 is 1.56. The molecule has 1 aromatic carbocycles. The molecular weight excluding hydrogens is 332 g/mol. The molecule has 1 fully saturated rings. The lowest BCUT2D eigenvalue weighted by Gasteiger charge is -2.34. The molecule has 1 N–H and O–H groups in total. The molecule has 3 heterocycles. The third-order valence-corrected chi connectivity index (χ3v) is 5.99. The van der Waals surface area contributed by atoms with Crippen molar-refractivity contribution in [1.82, 2.24) is 19.5 Å². The Bertz CT molecular complexity index is 879. The molecule has 132 valence electrons. The zero-order valence-electron chi connectivity index (χ0n) is 14.8. The average Bonchev–Trinajstić information content (AvgIpc) is 3.16. The molecule has 1 saturated heterocycles. The second-order valence-electron chi connectivity index (χ2n) is 6.78. The van der Waals surface area contributed by atoms with Crippen molar-refractivity contribution in [3.8, 4) is 5.88 Å². The summed E-state index contributed by atoms with van der Waals surface area (Å²) in [4.78, 5) is 8.76. The van der Waals surface area contributed by atoms with Gasteiger partial charge in [0.2, 0.25) is 10.8 Å². The topological polar surface area (TPSA) is 53.7 Å². The zero-order valence-corrected chi connectivity index (χ0v) is 15.6. The van der Waals surface area contributed by atoms with Crippen molar-refractivity contribution in [2.45, 2.75) is 45.6 Å². The predicted octanol–water partition coefficient (Wildman–Crippen LogP) is 3.94. The molecule has 1 aliphatic heterocycles. The number of hydrogen-bond donors (Lipinski definition) is 1. The number of thiazole rings is 1. The van der Waals surface area contributed by atoms with Crippen molar-refractivity contribution < 1.29 is 5.11 Å². The fourth-order valence-electron chi connectivity index (χ4n) is 3.66. The van der Waals surface area contributed by atoms with Gasteiger partial charge in [0, 0.05) is 6.42 Å². The summed E-state index contributed by atoms with van der Waals surface area (Å²) in [5.74, 6) is 1.02. The van der Waals surface area contributed by atoms with Crippen LogP contribution in [0.3, 0.4) is 0 Å². The number of likely N-dealkylation sites (tertiary alicyclic amines) is 1. The van der Waals surface area contributed by atoms with Gasteiger partial charge in [-0.05, 0) is 38.4 Å². The number of nitrogens with zero attached hydrogens (tertiary/aromatic N) is 4. The van der Waals surface area contributed by atoms with Crippen LogP contribution in [0.4, 0.5) is 0 Å². The summed E-state index contributed by atoms with van der Waals surface area (Å²) in [5.41, 5.74) is 2.48. The van der Waals surface area contributed by atoms with Gasteiger partial charge in [0.05, 0.1) is 10.9 Å². The number of benzene rings is 1. The van der Waals surface area contributed by atoms with Crippen LogP contribution < -0.4 is 0 Å². The number of hydrogen-bond acceptors (Lipinski definition) is 5. The highest BCUT2D eigenvalue weighted by Crippen LogP contribution is 2.40. The molecule has 4 rings (SSSR count). The van der Waals surface area contributed by atoms with Crippen LogP contribution in [0, 0.1) is 6.92 Å². The normalized spacial score (nSPS) is 17.2. The van der Waals surface area contributed by atoms with Gasteiger partial charge in [-0.15, -0.1) is 5.10 Å². The van der Waals surface area contributed by atoms with Crippen LogP contribution in [-0.2, 0) is 6.42 Å². The Kier molecular flexibility index (Phi) is 4.48. The van der Waals surface area contributed by atoms with E-state index in [0.717, 1.165) is 35.2 Å². The Morgan fingerprint density at radius 2 is 2.04 bits per heavy atom. The Morgan fingerprint density at radius 1 is 1.24 bits per heavy atom. The first-order chi connectivity index (χ1) is 12.2. The van der Waals surface area contributed by atoms with Gasteiger partial charge in [0.1, 0.15) is 0 Å². The molecule has 25 heavy (non-hydrogen) atoms. The second-order valence-corrected chi connectivity index (χ2v) is 7.79. The van der Waals surface area contributed by atoms with Crippen LogP contribution in [0.5, 0.6) is 5.88 Å². The smallest absolute Gasteiger partial charge is 0.230 e. The minimum absolute atomic E-state index is 0.0683. The molecule has 1 unspecified atom stereocenters. The standard InChI is InChI=1S/C19H24N4OS/c1-3-15-20-19-23(21-15)18(24)17(25-19)16(22-10-5-4-6-11-22)14-9-7-8-13(2)12-14/h7-9,12,16,24H,3-6,10-11H2,1-2H3. The van der Waals surface area contributed by atoms with E-state index in [1.54, 1.807) is 15.9 Å². The quantitative estimate of drug-likeness (QED) is 0.769. The van der Waals surface area contributed by atoms with Gasteiger partial charge >= 0.3 is 0 Å². The fourth-order valence-corrected chi connectivity index (χ4v) is 4.80. The Labute approximate surface area is 151 Å². The highest BCUT2D eigenvalue weighted by molar-refractivity contribution is 7.17. The molecule has 1 aliphatic rings. The SMILES string of the molecule is CCc1nc2sc(C(c3cccc(C)c3)N3CCCCC3)c(O)n2n1. The predicted molar refractivity (Wildman–Crippen MR) is 100 cm³/mol. The van der Waals surface area contributed by atoms with Gasteiger partial charge in [-0.3, -0.25) is 4.90 Å². The highest BCUT2D eigenvalue weighted by atomic mass is 32.1. The third-order valence-electron chi connectivity index (χ3n) is 4.92. The van der Waals surface area contributed by atoms with Gasteiger partial charge in [0.15, 0.2) is 5.82 Å². The Morgan fingerprint density at radius 3 is 2.72 bits per heavy atom.